The van der Waals surface area contributed by atoms with E-state index in [1.165, 1.54) is 12.8 Å². The van der Waals surface area contributed by atoms with Crippen molar-refractivity contribution in [2.75, 3.05) is 25.0 Å². The lowest BCUT2D eigenvalue weighted by Crippen LogP contribution is -2.31. The first-order valence-electron chi connectivity index (χ1n) is 5.96. The number of benzene rings is 1. The Balaban J connectivity index is 1.88. The number of hydrogen-bond donors (Lipinski definition) is 2. The lowest BCUT2D eigenvalue weighted by atomic mass is 9.98. The zero-order valence-electron chi connectivity index (χ0n) is 9.72. The molecule has 2 nitrogen and oxygen atoms in total. The van der Waals surface area contributed by atoms with Gasteiger partial charge in [0.1, 0.15) is 5.82 Å². The summed E-state index contributed by atoms with van der Waals surface area (Å²) in [6.45, 7) is 4.95. The first kappa shape index (κ1) is 11.4. The fourth-order valence-electron chi connectivity index (χ4n) is 2.10. The normalized spacial score (nSPS) is 17.4. The third kappa shape index (κ3) is 2.95. The highest BCUT2D eigenvalue weighted by Crippen LogP contribution is 2.17. The van der Waals surface area contributed by atoms with Crippen molar-refractivity contribution in [3.8, 4) is 0 Å². The van der Waals surface area contributed by atoms with Crippen LogP contribution in [0.25, 0.3) is 0 Å². The van der Waals surface area contributed by atoms with E-state index in [4.69, 9.17) is 0 Å². The molecule has 1 aromatic carbocycles. The van der Waals surface area contributed by atoms with Gasteiger partial charge in [0, 0.05) is 6.54 Å². The zero-order valence-corrected chi connectivity index (χ0v) is 9.72. The van der Waals surface area contributed by atoms with Gasteiger partial charge in [0.2, 0.25) is 0 Å². The molecule has 1 aliphatic rings. The van der Waals surface area contributed by atoms with Crippen molar-refractivity contribution in [1.29, 1.82) is 0 Å². The maximum absolute atomic E-state index is 13.5. The summed E-state index contributed by atoms with van der Waals surface area (Å²) in [5, 5.41) is 6.54. The maximum Gasteiger partial charge on any atom is 0.146 e. The van der Waals surface area contributed by atoms with Crippen LogP contribution < -0.4 is 10.6 Å². The number of hydrogen-bond acceptors (Lipinski definition) is 2. The van der Waals surface area contributed by atoms with Crippen LogP contribution in [-0.4, -0.2) is 19.6 Å². The van der Waals surface area contributed by atoms with Crippen molar-refractivity contribution < 1.29 is 4.39 Å². The Morgan fingerprint density at radius 3 is 2.81 bits per heavy atom. The molecule has 0 bridgehead atoms. The number of nitrogens with one attached hydrogen (secondary N) is 2. The first-order chi connectivity index (χ1) is 7.75. The second kappa shape index (κ2) is 5.30. The molecule has 88 valence electrons. The molecule has 3 heteroatoms. The van der Waals surface area contributed by atoms with Gasteiger partial charge in [-0.3, -0.25) is 0 Å². The number of rotatable bonds is 3. The molecule has 0 aromatic heterocycles. The Hall–Kier alpha value is -1.09. The van der Waals surface area contributed by atoms with Crippen LogP contribution >= 0.6 is 0 Å². The predicted octanol–water partition coefficient (Wildman–Crippen LogP) is 2.55. The molecule has 0 aliphatic carbocycles. The predicted molar refractivity (Wildman–Crippen MR) is 65.2 cm³/mol. The van der Waals surface area contributed by atoms with Crippen LogP contribution in [0.3, 0.4) is 0 Å². The standard InChI is InChI=1S/C13H19FN2/c1-10-2-3-13(12(14)8-10)16-9-11-4-6-15-7-5-11/h2-3,8,11,15-16H,4-7,9H2,1H3. The topological polar surface area (TPSA) is 24.1 Å². The Bertz CT molecular complexity index is 346. The average molecular weight is 222 g/mol. The first-order valence-corrected chi connectivity index (χ1v) is 5.96. The maximum atomic E-state index is 13.5. The summed E-state index contributed by atoms with van der Waals surface area (Å²) in [6, 6.07) is 5.34. The molecule has 2 N–H and O–H groups in total. The van der Waals surface area contributed by atoms with Crippen molar-refractivity contribution in [2.45, 2.75) is 19.8 Å². The molecule has 2 rings (SSSR count). The summed E-state index contributed by atoms with van der Waals surface area (Å²) in [5.41, 5.74) is 1.59. The van der Waals surface area contributed by atoms with E-state index in [1.54, 1.807) is 6.07 Å². The lowest BCUT2D eigenvalue weighted by molar-refractivity contribution is 0.389. The van der Waals surface area contributed by atoms with E-state index in [0.717, 1.165) is 25.2 Å². The smallest absolute Gasteiger partial charge is 0.146 e. The SMILES string of the molecule is Cc1ccc(NCC2CCNCC2)c(F)c1. The summed E-state index contributed by atoms with van der Waals surface area (Å²) in [7, 11) is 0. The van der Waals surface area contributed by atoms with Crippen LogP contribution in [0, 0.1) is 18.7 Å². The van der Waals surface area contributed by atoms with E-state index in [1.807, 2.05) is 19.1 Å². The summed E-state index contributed by atoms with van der Waals surface area (Å²) in [6.07, 6.45) is 2.36. The fraction of sp³-hybridized carbons (Fsp3) is 0.538. The molecule has 1 heterocycles. The van der Waals surface area contributed by atoms with E-state index >= 15 is 0 Å². The quantitative estimate of drug-likeness (QED) is 0.821. The van der Waals surface area contributed by atoms with Gasteiger partial charge < -0.3 is 10.6 Å². The van der Waals surface area contributed by atoms with Gasteiger partial charge in [-0.05, 0) is 56.5 Å². The summed E-state index contributed by atoms with van der Waals surface area (Å²) >= 11 is 0. The van der Waals surface area contributed by atoms with Gasteiger partial charge >= 0.3 is 0 Å². The largest absolute Gasteiger partial charge is 0.382 e. The molecule has 1 saturated heterocycles. The molecule has 0 saturated carbocycles. The minimum Gasteiger partial charge on any atom is -0.382 e. The molecule has 16 heavy (non-hydrogen) atoms. The highest BCUT2D eigenvalue weighted by atomic mass is 19.1. The third-order valence-corrected chi connectivity index (χ3v) is 3.16. The Kier molecular flexibility index (Phi) is 3.78. The van der Waals surface area contributed by atoms with E-state index < -0.39 is 0 Å². The Morgan fingerprint density at radius 1 is 1.38 bits per heavy atom. The van der Waals surface area contributed by atoms with E-state index in [2.05, 4.69) is 10.6 Å². The van der Waals surface area contributed by atoms with E-state index in [0.29, 0.717) is 11.6 Å². The summed E-state index contributed by atoms with van der Waals surface area (Å²) in [4.78, 5) is 0. The summed E-state index contributed by atoms with van der Waals surface area (Å²) in [5.74, 6) is 0.524. The molecule has 0 radical (unpaired) electrons. The highest BCUT2D eigenvalue weighted by molar-refractivity contribution is 5.46. The van der Waals surface area contributed by atoms with Crippen molar-refractivity contribution in [3.05, 3.63) is 29.6 Å². The number of aryl methyl sites for hydroxylation is 1. The van der Waals surface area contributed by atoms with Crippen molar-refractivity contribution in [1.82, 2.24) is 5.32 Å². The third-order valence-electron chi connectivity index (χ3n) is 3.16. The molecule has 0 amide bonds. The molecule has 0 atom stereocenters. The van der Waals surface area contributed by atoms with E-state index in [9.17, 15) is 4.39 Å². The molecule has 1 aromatic rings. The van der Waals surface area contributed by atoms with Crippen LogP contribution in [0.4, 0.5) is 10.1 Å². The minimum atomic E-state index is -0.145. The molecule has 0 unspecified atom stereocenters. The van der Waals surface area contributed by atoms with Crippen LogP contribution in [0.2, 0.25) is 0 Å². The van der Waals surface area contributed by atoms with Crippen molar-refractivity contribution >= 4 is 5.69 Å². The molecular formula is C13H19FN2. The van der Waals surface area contributed by atoms with Crippen LogP contribution in [0.15, 0.2) is 18.2 Å². The van der Waals surface area contributed by atoms with Gasteiger partial charge in [-0.1, -0.05) is 6.07 Å². The van der Waals surface area contributed by atoms with Crippen LogP contribution in [0.1, 0.15) is 18.4 Å². The second-order valence-corrected chi connectivity index (χ2v) is 4.56. The second-order valence-electron chi connectivity index (χ2n) is 4.56. The molecule has 0 spiro atoms. The highest BCUT2D eigenvalue weighted by Gasteiger charge is 2.13. The van der Waals surface area contributed by atoms with Gasteiger partial charge in [0.25, 0.3) is 0 Å². The van der Waals surface area contributed by atoms with Crippen molar-refractivity contribution in [3.63, 3.8) is 0 Å². The van der Waals surface area contributed by atoms with Crippen LogP contribution in [-0.2, 0) is 0 Å². The molecule has 1 fully saturated rings. The van der Waals surface area contributed by atoms with E-state index in [-0.39, 0.29) is 5.82 Å². The van der Waals surface area contributed by atoms with Gasteiger partial charge in [-0.15, -0.1) is 0 Å². The molecule has 1 aliphatic heterocycles. The van der Waals surface area contributed by atoms with Gasteiger partial charge in [-0.25, -0.2) is 4.39 Å². The average Bonchev–Trinajstić information content (AvgIpc) is 2.29. The van der Waals surface area contributed by atoms with Gasteiger partial charge in [0.15, 0.2) is 0 Å². The fourth-order valence-corrected chi connectivity index (χ4v) is 2.10. The van der Waals surface area contributed by atoms with Gasteiger partial charge in [0.05, 0.1) is 5.69 Å². The number of halogens is 1. The van der Waals surface area contributed by atoms with Crippen molar-refractivity contribution in [2.24, 2.45) is 5.92 Å². The number of piperidine rings is 1. The summed E-state index contributed by atoms with van der Waals surface area (Å²) < 4.78 is 13.5. The lowest BCUT2D eigenvalue weighted by Gasteiger charge is -2.23. The minimum absolute atomic E-state index is 0.145. The Morgan fingerprint density at radius 2 is 2.12 bits per heavy atom. The molecular weight excluding hydrogens is 203 g/mol. The zero-order chi connectivity index (χ0) is 11.4. The number of anilines is 1. The van der Waals surface area contributed by atoms with Crippen LogP contribution in [0.5, 0.6) is 0 Å². The monoisotopic (exact) mass is 222 g/mol. The van der Waals surface area contributed by atoms with Gasteiger partial charge in [-0.2, -0.15) is 0 Å². The Labute approximate surface area is 96.2 Å².